The van der Waals surface area contributed by atoms with Gasteiger partial charge in [-0.3, -0.25) is 0 Å². The van der Waals surface area contributed by atoms with Crippen molar-refractivity contribution in [2.75, 3.05) is 0 Å². The van der Waals surface area contributed by atoms with Crippen LogP contribution >= 0.6 is 0 Å². The van der Waals surface area contributed by atoms with Crippen molar-refractivity contribution in [3.8, 4) is 120 Å². The fourth-order valence-electron chi connectivity index (χ4n) is 12.5. The second-order valence-corrected chi connectivity index (χ2v) is 21.8. The van der Waals surface area contributed by atoms with Gasteiger partial charge in [0, 0.05) is 38.2 Å². The van der Waals surface area contributed by atoms with Gasteiger partial charge in [0.15, 0.2) is 22.7 Å². The molecular formula is C80H38N12. The normalized spacial score (nSPS) is 10.7. The standard InChI is InChI=1S/C80H38N12/c1-86-60-21-25-64(73(40-60)88-3)54-19-29-77-69(35-54)70-36-55(65-26-22-61(87-2)41-74(65)89-4)20-30-78(70)92(77)80-39-59(47-85)79(42-66(80)56-37-71(50-11-7-5-8-12-50)90-72(38-56)51-13-9-6-10-14-51)91-75-27-17-52(62-23-15-48(43-81)31-57(62)45-83)33-67(75)68-34-53(18-28-76(68)91)63-24-16-49(44-82)32-58(63)46-84/h5-42H. The van der Waals surface area contributed by atoms with Crippen LogP contribution in [0.3, 0.4) is 0 Å². The lowest BCUT2D eigenvalue weighted by Crippen LogP contribution is -2.04. The van der Waals surface area contributed by atoms with E-state index < -0.39 is 0 Å². The summed E-state index contributed by atoms with van der Waals surface area (Å²) in [6.45, 7) is 31.8. The summed E-state index contributed by atoms with van der Waals surface area (Å²) in [6.07, 6.45) is 0. The fraction of sp³-hybridized carbons (Fsp3) is 0. The van der Waals surface area contributed by atoms with E-state index in [1.54, 1.807) is 72.8 Å². The van der Waals surface area contributed by atoms with Gasteiger partial charge < -0.3 is 9.13 Å². The fourth-order valence-corrected chi connectivity index (χ4v) is 12.5. The zero-order chi connectivity index (χ0) is 63.1. The van der Waals surface area contributed by atoms with Gasteiger partial charge in [-0.1, -0.05) is 133 Å². The van der Waals surface area contributed by atoms with Gasteiger partial charge in [-0.05, 0) is 147 Å². The Kier molecular flexibility index (Phi) is 13.7. The second-order valence-electron chi connectivity index (χ2n) is 21.8. The summed E-state index contributed by atoms with van der Waals surface area (Å²) in [5, 5.41) is 55.5. The number of rotatable bonds is 9. The van der Waals surface area contributed by atoms with Crippen molar-refractivity contribution in [3.05, 3.63) is 304 Å². The highest BCUT2D eigenvalue weighted by molar-refractivity contribution is 6.14. The average molecular weight is 1170 g/mol. The molecule has 92 heavy (non-hydrogen) atoms. The molecule has 0 bridgehead atoms. The molecule has 3 heterocycles. The first-order valence-corrected chi connectivity index (χ1v) is 28.7. The maximum absolute atomic E-state index is 11.9. The summed E-state index contributed by atoms with van der Waals surface area (Å²) in [6, 6.07) is 83.6. The number of benzene rings is 11. The Morgan fingerprint density at radius 3 is 1.07 bits per heavy atom. The van der Waals surface area contributed by atoms with Gasteiger partial charge >= 0.3 is 0 Å². The van der Waals surface area contributed by atoms with Gasteiger partial charge in [0.05, 0.1) is 123 Å². The van der Waals surface area contributed by atoms with Gasteiger partial charge in [0.1, 0.15) is 6.07 Å². The lowest BCUT2D eigenvalue weighted by molar-refractivity contribution is 1.13. The Bertz CT molecular complexity index is 5620. The molecule has 14 rings (SSSR count). The summed E-state index contributed by atoms with van der Waals surface area (Å²) < 4.78 is 4.22. The van der Waals surface area contributed by atoms with E-state index in [4.69, 9.17) is 31.3 Å². The zero-order valence-corrected chi connectivity index (χ0v) is 48.3. The lowest BCUT2D eigenvalue weighted by Gasteiger charge is -2.20. The summed E-state index contributed by atoms with van der Waals surface area (Å²) in [4.78, 5) is 20.2. The van der Waals surface area contributed by atoms with Crippen molar-refractivity contribution in [3.63, 3.8) is 0 Å². The second kappa shape index (κ2) is 22.8. The van der Waals surface area contributed by atoms with E-state index in [0.717, 1.165) is 71.4 Å². The summed E-state index contributed by atoms with van der Waals surface area (Å²) >= 11 is 0. The van der Waals surface area contributed by atoms with Crippen LogP contribution in [-0.2, 0) is 0 Å². The van der Waals surface area contributed by atoms with Gasteiger partial charge in [-0.15, -0.1) is 0 Å². The Balaban J connectivity index is 1.10. The molecule has 0 saturated heterocycles. The van der Waals surface area contributed by atoms with E-state index in [1.165, 1.54) is 0 Å². The molecule has 418 valence electrons. The summed E-state index contributed by atoms with van der Waals surface area (Å²) in [5.74, 6) is 0. The third-order valence-corrected chi connectivity index (χ3v) is 16.8. The summed E-state index contributed by atoms with van der Waals surface area (Å²) in [7, 11) is 0. The number of fused-ring (bicyclic) bond motifs is 6. The molecule has 12 nitrogen and oxygen atoms in total. The average Bonchev–Trinajstić information content (AvgIpc) is 1.55. The minimum Gasteiger partial charge on any atom is -0.309 e. The third kappa shape index (κ3) is 9.39. The highest BCUT2D eigenvalue weighted by Crippen LogP contribution is 2.47. The van der Waals surface area contributed by atoms with Crippen molar-refractivity contribution in [2.45, 2.75) is 0 Å². The van der Waals surface area contributed by atoms with Gasteiger partial charge in [-0.25, -0.2) is 24.4 Å². The predicted molar refractivity (Wildman–Crippen MR) is 360 cm³/mol. The number of pyridine rings is 1. The van der Waals surface area contributed by atoms with Crippen LogP contribution in [0.15, 0.2) is 231 Å². The molecule has 0 saturated carbocycles. The van der Waals surface area contributed by atoms with Crippen molar-refractivity contribution in [1.82, 2.24) is 14.1 Å². The van der Waals surface area contributed by atoms with Crippen LogP contribution in [0.25, 0.3) is 153 Å². The van der Waals surface area contributed by atoms with Gasteiger partial charge in [0.25, 0.3) is 0 Å². The van der Waals surface area contributed by atoms with E-state index in [2.05, 4.69) is 77.1 Å². The molecule has 0 atom stereocenters. The number of hydrogen-bond acceptors (Lipinski definition) is 6. The number of hydrogen-bond donors (Lipinski definition) is 0. The van der Waals surface area contributed by atoms with Crippen LogP contribution in [-0.4, -0.2) is 14.1 Å². The van der Waals surface area contributed by atoms with E-state index >= 15 is 0 Å². The highest BCUT2D eigenvalue weighted by atomic mass is 15.0. The van der Waals surface area contributed by atoms with Crippen LogP contribution in [0, 0.1) is 82.9 Å². The van der Waals surface area contributed by atoms with Gasteiger partial charge in [-0.2, -0.15) is 26.3 Å². The molecule has 0 N–H and O–H groups in total. The van der Waals surface area contributed by atoms with Crippen molar-refractivity contribution in [1.29, 1.82) is 26.3 Å². The SMILES string of the molecule is [C-]#[N+]c1ccc(-c2ccc3c(c2)c2cc(-c4ccc([N+]#[C-])cc4[N+]#[C-])ccc2n3-c2cc(C#N)c(-n3c4ccc(-c5ccc(C#N)cc5C#N)cc4c4cc(-c5ccc(C#N)cc5C#N)ccc43)cc2-c2cc(-c3ccccc3)nc(-c3ccccc3)c2)c([N+]#[C-])c1. The van der Waals surface area contributed by atoms with E-state index in [1.807, 2.05) is 140 Å². The molecule has 14 aromatic rings. The number of nitrogens with zero attached hydrogens (tertiary/aromatic N) is 12. The molecular weight excluding hydrogens is 1130 g/mol. The highest BCUT2D eigenvalue weighted by Gasteiger charge is 2.26. The van der Waals surface area contributed by atoms with Crippen LogP contribution in [0.1, 0.15) is 27.8 Å². The van der Waals surface area contributed by atoms with Gasteiger partial charge in [0.2, 0.25) is 0 Å². The Morgan fingerprint density at radius 2 is 0.685 bits per heavy atom. The van der Waals surface area contributed by atoms with Crippen LogP contribution in [0.5, 0.6) is 0 Å². The van der Waals surface area contributed by atoms with Crippen LogP contribution < -0.4 is 0 Å². The monoisotopic (exact) mass is 1170 g/mol. The Labute approximate surface area is 527 Å². The van der Waals surface area contributed by atoms with Crippen molar-refractivity contribution in [2.24, 2.45) is 0 Å². The van der Waals surface area contributed by atoms with E-state index in [-0.39, 0.29) is 0 Å². The van der Waals surface area contributed by atoms with E-state index in [0.29, 0.717) is 112 Å². The minimum absolute atomic E-state index is 0.306. The lowest BCUT2D eigenvalue weighted by atomic mass is 9.95. The summed E-state index contributed by atoms with van der Waals surface area (Å²) in [5.41, 5.74) is 17.2. The molecule has 0 aliphatic carbocycles. The molecule has 0 spiro atoms. The molecule has 3 aromatic heterocycles. The third-order valence-electron chi connectivity index (χ3n) is 16.8. The first-order chi connectivity index (χ1) is 45.2. The van der Waals surface area contributed by atoms with Crippen LogP contribution in [0.2, 0.25) is 0 Å². The van der Waals surface area contributed by atoms with E-state index in [9.17, 15) is 26.3 Å². The molecule has 0 aliphatic heterocycles. The quantitative estimate of drug-likeness (QED) is 0.131. The van der Waals surface area contributed by atoms with Crippen molar-refractivity contribution < 1.29 is 0 Å². The molecule has 12 heteroatoms. The molecule has 0 unspecified atom stereocenters. The maximum atomic E-state index is 11.9. The Morgan fingerprint density at radius 1 is 0.293 bits per heavy atom. The maximum Gasteiger partial charge on any atom is 0.184 e. The number of nitriles is 5. The molecule has 0 radical (unpaired) electrons. The topological polar surface area (TPSA) is 159 Å². The number of aromatic nitrogens is 3. The first kappa shape index (κ1) is 55.5. The minimum atomic E-state index is 0.306. The smallest absolute Gasteiger partial charge is 0.184 e. The van der Waals surface area contributed by atoms with Crippen molar-refractivity contribution >= 4 is 66.4 Å². The van der Waals surface area contributed by atoms with Crippen LogP contribution in [0.4, 0.5) is 22.7 Å². The molecule has 0 fully saturated rings. The predicted octanol–water partition coefficient (Wildman–Crippen LogP) is 20.5. The molecule has 0 amide bonds. The zero-order valence-electron chi connectivity index (χ0n) is 48.3. The largest absolute Gasteiger partial charge is 0.309 e. The molecule has 0 aliphatic rings. The Hall–Kier alpha value is -14.4. The molecule has 11 aromatic carbocycles. The first-order valence-electron chi connectivity index (χ1n) is 28.7.